The number of ether oxygens (including phenoxy) is 1. The van der Waals surface area contributed by atoms with Gasteiger partial charge in [-0.1, -0.05) is 12.1 Å². The molecular weight excluding hydrogens is 384 g/mol. The van der Waals surface area contributed by atoms with E-state index in [0.29, 0.717) is 29.1 Å². The van der Waals surface area contributed by atoms with E-state index in [2.05, 4.69) is 4.98 Å². The first-order valence-electron chi connectivity index (χ1n) is 9.22. The Bertz CT molecular complexity index is 1230. The van der Waals surface area contributed by atoms with E-state index >= 15 is 0 Å². The maximum Gasteiger partial charge on any atom is 0.341 e. The van der Waals surface area contributed by atoms with E-state index in [4.69, 9.17) is 9.84 Å². The van der Waals surface area contributed by atoms with Gasteiger partial charge in [0.05, 0.1) is 0 Å². The van der Waals surface area contributed by atoms with Crippen molar-refractivity contribution in [2.24, 2.45) is 0 Å². The highest BCUT2D eigenvalue weighted by molar-refractivity contribution is 6.16. The zero-order valence-corrected chi connectivity index (χ0v) is 15.9. The van der Waals surface area contributed by atoms with Crippen LogP contribution in [0.15, 0.2) is 73.1 Å². The molecule has 7 nitrogen and oxygen atoms in total. The molecule has 2 aromatic heterocycles. The Labute approximate surface area is 171 Å². The summed E-state index contributed by atoms with van der Waals surface area (Å²) in [5.74, 6) is -0.649. The van der Waals surface area contributed by atoms with Crippen LogP contribution in [0.2, 0.25) is 0 Å². The Balaban J connectivity index is 1.67. The SMILES string of the molecule is O=C(O)COc1cccc(Cn2cc(C(=O)c3ccc(O)cc3)c3cccnc32)c1. The van der Waals surface area contributed by atoms with E-state index in [0.717, 1.165) is 10.9 Å². The van der Waals surface area contributed by atoms with Crippen molar-refractivity contribution in [3.8, 4) is 11.5 Å². The highest BCUT2D eigenvalue weighted by Crippen LogP contribution is 2.25. The monoisotopic (exact) mass is 402 g/mol. The van der Waals surface area contributed by atoms with Crippen molar-refractivity contribution in [2.75, 3.05) is 6.61 Å². The first kappa shape index (κ1) is 19.2. The van der Waals surface area contributed by atoms with Crippen LogP contribution in [0.5, 0.6) is 11.5 Å². The third-order valence-corrected chi connectivity index (χ3v) is 4.62. The van der Waals surface area contributed by atoms with Crippen molar-refractivity contribution >= 4 is 22.8 Å². The number of carboxylic acids is 1. The quantitative estimate of drug-likeness (QED) is 0.459. The molecule has 30 heavy (non-hydrogen) atoms. The lowest BCUT2D eigenvalue weighted by Crippen LogP contribution is -2.09. The summed E-state index contributed by atoms with van der Waals surface area (Å²) in [5, 5.41) is 19.0. The van der Waals surface area contributed by atoms with E-state index in [-0.39, 0.29) is 11.5 Å². The van der Waals surface area contributed by atoms with Crippen LogP contribution in [-0.4, -0.2) is 38.1 Å². The summed E-state index contributed by atoms with van der Waals surface area (Å²) in [6, 6.07) is 16.9. The molecular formula is C23H18N2O5. The van der Waals surface area contributed by atoms with Gasteiger partial charge in [0.15, 0.2) is 12.4 Å². The summed E-state index contributed by atoms with van der Waals surface area (Å²) in [4.78, 5) is 28.2. The number of benzene rings is 2. The molecule has 0 saturated carbocycles. The van der Waals surface area contributed by atoms with E-state index in [9.17, 15) is 14.7 Å². The van der Waals surface area contributed by atoms with Crippen LogP contribution < -0.4 is 4.74 Å². The van der Waals surface area contributed by atoms with Crippen LogP contribution >= 0.6 is 0 Å². The van der Waals surface area contributed by atoms with Gasteiger partial charge in [0.1, 0.15) is 17.1 Å². The molecule has 0 fully saturated rings. The molecule has 4 rings (SSSR count). The number of carboxylic acid groups (broad SMARTS) is 1. The normalized spacial score (nSPS) is 10.8. The number of aromatic nitrogens is 2. The number of phenols is 1. The summed E-state index contributed by atoms with van der Waals surface area (Å²) in [6.07, 6.45) is 3.43. The molecule has 0 saturated heterocycles. The Morgan fingerprint density at radius 1 is 1.03 bits per heavy atom. The molecule has 0 atom stereocenters. The minimum atomic E-state index is -1.04. The zero-order valence-electron chi connectivity index (χ0n) is 15.9. The van der Waals surface area contributed by atoms with Crippen LogP contribution in [0.25, 0.3) is 11.0 Å². The van der Waals surface area contributed by atoms with E-state index < -0.39 is 12.6 Å². The molecule has 2 N–H and O–H groups in total. The summed E-state index contributed by atoms with van der Waals surface area (Å²) >= 11 is 0. The first-order chi connectivity index (χ1) is 14.5. The van der Waals surface area contributed by atoms with Gasteiger partial charge in [0, 0.05) is 35.5 Å². The largest absolute Gasteiger partial charge is 0.508 e. The van der Waals surface area contributed by atoms with Crippen LogP contribution in [0.4, 0.5) is 0 Å². The van der Waals surface area contributed by atoms with Crippen molar-refractivity contribution < 1.29 is 24.5 Å². The fourth-order valence-electron chi connectivity index (χ4n) is 3.27. The van der Waals surface area contributed by atoms with Gasteiger partial charge >= 0.3 is 5.97 Å². The number of phenolic OH excluding ortho intramolecular Hbond substituents is 1. The molecule has 2 aromatic carbocycles. The fraction of sp³-hybridized carbons (Fsp3) is 0.0870. The number of nitrogens with zero attached hydrogens (tertiary/aromatic N) is 2. The van der Waals surface area contributed by atoms with Crippen LogP contribution in [-0.2, 0) is 11.3 Å². The molecule has 7 heteroatoms. The Morgan fingerprint density at radius 2 is 1.83 bits per heavy atom. The number of hydrogen-bond donors (Lipinski definition) is 2. The number of ketones is 1. The topological polar surface area (TPSA) is 102 Å². The summed E-state index contributed by atoms with van der Waals surface area (Å²) in [6.45, 7) is 0.0172. The number of carbonyl (C=O) groups is 2. The Hall–Kier alpha value is -4.13. The number of pyridine rings is 1. The molecule has 0 amide bonds. The van der Waals surface area contributed by atoms with E-state index in [1.807, 2.05) is 16.7 Å². The smallest absolute Gasteiger partial charge is 0.341 e. The molecule has 0 radical (unpaired) electrons. The van der Waals surface area contributed by atoms with E-state index in [1.165, 1.54) is 12.1 Å². The average molecular weight is 402 g/mol. The predicted molar refractivity (Wildman–Crippen MR) is 110 cm³/mol. The van der Waals surface area contributed by atoms with Gasteiger partial charge in [0.25, 0.3) is 0 Å². The maximum atomic E-state index is 13.0. The minimum Gasteiger partial charge on any atom is -0.508 e. The summed E-state index contributed by atoms with van der Waals surface area (Å²) in [7, 11) is 0. The Kier molecular flexibility index (Phi) is 5.17. The van der Waals surface area contributed by atoms with Gasteiger partial charge in [-0.05, 0) is 54.1 Å². The van der Waals surface area contributed by atoms with Crippen molar-refractivity contribution in [1.29, 1.82) is 0 Å². The second-order valence-electron chi connectivity index (χ2n) is 6.75. The lowest BCUT2D eigenvalue weighted by molar-refractivity contribution is -0.139. The van der Waals surface area contributed by atoms with Gasteiger partial charge in [-0.3, -0.25) is 4.79 Å². The second kappa shape index (κ2) is 8.08. The van der Waals surface area contributed by atoms with Crippen molar-refractivity contribution in [3.05, 3.63) is 89.7 Å². The van der Waals surface area contributed by atoms with Crippen molar-refractivity contribution in [3.63, 3.8) is 0 Å². The first-order valence-corrected chi connectivity index (χ1v) is 9.22. The molecule has 0 bridgehead atoms. The van der Waals surface area contributed by atoms with Gasteiger partial charge in [-0.25, -0.2) is 9.78 Å². The molecule has 0 aliphatic rings. The van der Waals surface area contributed by atoms with Gasteiger partial charge in [-0.2, -0.15) is 0 Å². The van der Waals surface area contributed by atoms with Gasteiger partial charge < -0.3 is 19.5 Å². The maximum absolute atomic E-state index is 13.0. The number of aliphatic carboxylic acids is 1. The Morgan fingerprint density at radius 3 is 2.60 bits per heavy atom. The molecule has 0 aliphatic carbocycles. The predicted octanol–water partition coefficient (Wildman–Crippen LogP) is 3.48. The molecule has 4 aromatic rings. The third kappa shape index (κ3) is 4.00. The highest BCUT2D eigenvalue weighted by Gasteiger charge is 2.17. The zero-order chi connectivity index (χ0) is 21.1. The number of aromatic hydroxyl groups is 1. The third-order valence-electron chi connectivity index (χ3n) is 4.62. The average Bonchev–Trinajstić information content (AvgIpc) is 3.11. The lowest BCUT2D eigenvalue weighted by Gasteiger charge is -2.08. The van der Waals surface area contributed by atoms with E-state index in [1.54, 1.807) is 48.8 Å². The minimum absolute atomic E-state index is 0.0978. The summed E-state index contributed by atoms with van der Waals surface area (Å²) < 4.78 is 7.12. The number of fused-ring (bicyclic) bond motifs is 1. The van der Waals surface area contributed by atoms with Crippen LogP contribution in [0.1, 0.15) is 21.5 Å². The van der Waals surface area contributed by atoms with Crippen molar-refractivity contribution in [1.82, 2.24) is 9.55 Å². The van der Waals surface area contributed by atoms with Gasteiger partial charge in [-0.15, -0.1) is 0 Å². The van der Waals surface area contributed by atoms with Crippen LogP contribution in [0, 0.1) is 0 Å². The molecule has 0 unspecified atom stereocenters. The molecule has 0 aliphatic heterocycles. The number of carbonyl (C=O) groups excluding carboxylic acids is 1. The fourth-order valence-corrected chi connectivity index (χ4v) is 3.27. The number of hydrogen-bond acceptors (Lipinski definition) is 5. The molecule has 2 heterocycles. The molecule has 0 spiro atoms. The van der Waals surface area contributed by atoms with Gasteiger partial charge in [0.2, 0.25) is 0 Å². The standard InChI is InChI=1S/C23H18N2O5/c26-17-8-6-16(7-9-17)22(29)20-13-25(23-19(20)5-2-10-24-23)12-15-3-1-4-18(11-15)30-14-21(27)28/h1-11,13,26H,12,14H2,(H,27,28). The summed E-state index contributed by atoms with van der Waals surface area (Å²) in [5.41, 5.74) is 2.53. The van der Waals surface area contributed by atoms with Crippen molar-refractivity contribution in [2.45, 2.75) is 6.54 Å². The lowest BCUT2D eigenvalue weighted by atomic mass is 10.0. The highest BCUT2D eigenvalue weighted by atomic mass is 16.5. The number of rotatable bonds is 7. The van der Waals surface area contributed by atoms with Crippen LogP contribution in [0.3, 0.4) is 0 Å². The second-order valence-corrected chi connectivity index (χ2v) is 6.75. The molecule has 150 valence electrons.